The number of carbonyl (C=O) groups excluding carboxylic acids is 1. The molecule has 2 atom stereocenters. The first kappa shape index (κ1) is 16.4. The van der Waals surface area contributed by atoms with Gasteiger partial charge in [0.15, 0.2) is 0 Å². The van der Waals surface area contributed by atoms with E-state index in [2.05, 4.69) is 19.2 Å². The maximum absolute atomic E-state index is 11.9. The van der Waals surface area contributed by atoms with Crippen LogP contribution in [-0.4, -0.2) is 38.4 Å². The molecule has 0 aromatic rings. The Bertz CT molecular complexity index is 281. The lowest BCUT2D eigenvalue weighted by Crippen LogP contribution is -2.55. The second kappa shape index (κ2) is 7.85. The van der Waals surface area contributed by atoms with Gasteiger partial charge < -0.3 is 14.8 Å². The molecule has 1 rings (SSSR count). The SMILES string of the molecule is CNC1(C(=O)OC)CCCC(OCCCC(C)C)C1. The van der Waals surface area contributed by atoms with Crippen molar-refractivity contribution in [1.29, 1.82) is 0 Å². The van der Waals surface area contributed by atoms with Gasteiger partial charge in [0.25, 0.3) is 0 Å². The summed E-state index contributed by atoms with van der Waals surface area (Å²) in [5, 5.41) is 3.15. The molecule has 0 aliphatic heterocycles. The minimum atomic E-state index is -0.546. The lowest BCUT2D eigenvalue weighted by atomic mass is 9.80. The van der Waals surface area contributed by atoms with E-state index in [0.29, 0.717) is 0 Å². The molecule has 0 aromatic carbocycles. The van der Waals surface area contributed by atoms with Crippen molar-refractivity contribution < 1.29 is 14.3 Å². The maximum atomic E-state index is 11.9. The van der Waals surface area contributed by atoms with Gasteiger partial charge >= 0.3 is 5.97 Å². The van der Waals surface area contributed by atoms with Crippen LogP contribution in [0.5, 0.6) is 0 Å². The highest BCUT2D eigenvalue weighted by Crippen LogP contribution is 2.31. The normalized spacial score (nSPS) is 27.5. The number of ether oxygens (including phenoxy) is 2. The molecule has 2 unspecified atom stereocenters. The smallest absolute Gasteiger partial charge is 0.326 e. The Labute approximate surface area is 117 Å². The molecule has 4 nitrogen and oxygen atoms in total. The molecule has 0 bridgehead atoms. The second-order valence-electron chi connectivity index (χ2n) is 5.95. The van der Waals surface area contributed by atoms with Crippen LogP contribution in [0.1, 0.15) is 52.4 Å². The van der Waals surface area contributed by atoms with Crippen molar-refractivity contribution in [2.45, 2.75) is 64.0 Å². The van der Waals surface area contributed by atoms with Crippen molar-refractivity contribution in [3.8, 4) is 0 Å². The number of rotatable bonds is 7. The standard InChI is InChI=1S/C15H29NO3/c1-12(2)7-6-10-19-13-8-5-9-15(11-13,16-3)14(17)18-4/h12-13,16H,5-11H2,1-4H3. The summed E-state index contributed by atoms with van der Waals surface area (Å²) in [6.45, 7) is 5.25. The first-order chi connectivity index (χ1) is 9.04. The summed E-state index contributed by atoms with van der Waals surface area (Å²) in [6.07, 6.45) is 6.07. The van der Waals surface area contributed by atoms with Crippen molar-refractivity contribution in [2.75, 3.05) is 20.8 Å². The monoisotopic (exact) mass is 271 g/mol. The Hall–Kier alpha value is -0.610. The van der Waals surface area contributed by atoms with Crippen LogP contribution in [0.4, 0.5) is 0 Å². The van der Waals surface area contributed by atoms with Crippen LogP contribution in [0.2, 0.25) is 0 Å². The molecule has 0 aromatic heterocycles. The molecule has 1 saturated carbocycles. The molecule has 1 aliphatic carbocycles. The molecule has 0 heterocycles. The summed E-state index contributed by atoms with van der Waals surface area (Å²) in [4.78, 5) is 11.9. The molecular weight excluding hydrogens is 242 g/mol. The van der Waals surface area contributed by atoms with E-state index < -0.39 is 5.54 Å². The van der Waals surface area contributed by atoms with E-state index in [1.807, 2.05) is 7.05 Å². The Morgan fingerprint density at radius 1 is 1.47 bits per heavy atom. The van der Waals surface area contributed by atoms with Crippen LogP contribution in [0, 0.1) is 5.92 Å². The molecule has 1 aliphatic rings. The molecule has 112 valence electrons. The number of methoxy groups -OCH3 is 1. The Balaban J connectivity index is 2.42. The van der Waals surface area contributed by atoms with Gasteiger partial charge in [-0.1, -0.05) is 13.8 Å². The van der Waals surface area contributed by atoms with Crippen molar-refractivity contribution in [3.63, 3.8) is 0 Å². The Kier molecular flexibility index (Phi) is 6.80. The summed E-state index contributed by atoms with van der Waals surface area (Å²) in [6, 6.07) is 0. The third-order valence-electron chi connectivity index (χ3n) is 4.04. The molecule has 1 fully saturated rings. The fourth-order valence-corrected chi connectivity index (χ4v) is 2.82. The van der Waals surface area contributed by atoms with Crippen LogP contribution in [0.25, 0.3) is 0 Å². The van der Waals surface area contributed by atoms with E-state index >= 15 is 0 Å². The summed E-state index contributed by atoms with van der Waals surface area (Å²) < 4.78 is 10.9. The van der Waals surface area contributed by atoms with Crippen LogP contribution >= 0.6 is 0 Å². The summed E-state index contributed by atoms with van der Waals surface area (Å²) in [5.74, 6) is 0.562. The van der Waals surface area contributed by atoms with E-state index in [1.165, 1.54) is 13.5 Å². The van der Waals surface area contributed by atoms with Gasteiger partial charge in [-0.3, -0.25) is 4.79 Å². The summed E-state index contributed by atoms with van der Waals surface area (Å²) in [5.41, 5.74) is -0.546. The molecule has 4 heteroatoms. The maximum Gasteiger partial charge on any atom is 0.326 e. The van der Waals surface area contributed by atoms with Crippen molar-refractivity contribution in [3.05, 3.63) is 0 Å². The third-order valence-corrected chi connectivity index (χ3v) is 4.04. The first-order valence-corrected chi connectivity index (χ1v) is 7.43. The first-order valence-electron chi connectivity index (χ1n) is 7.43. The minimum Gasteiger partial charge on any atom is -0.468 e. The molecule has 0 saturated heterocycles. The number of carbonyl (C=O) groups is 1. The Morgan fingerprint density at radius 3 is 2.79 bits per heavy atom. The highest BCUT2D eigenvalue weighted by molar-refractivity contribution is 5.80. The van der Waals surface area contributed by atoms with Crippen molar-refractivity contribution >= 4 is 5.97 Å². The van der Waals surface area contributed by atoms with Gasteiger partial charge in [-0.25, -0.2) is 0 Å². The largest absolute Gasteiger partial charge is 0.468 e. The fraction of sp³-hybridized carbons (Fsp3) is 0.933. The zero-order chi connectivity index (χ0) is 14.3. The van der Waals surface area contributed by atoms with Crippen LogP contribution < -0.4 is 5.32 Å². The van der Waals surface area contributed by atoms with Gasteiger partial charge in [0, 0.05) is 13.0 Å². The summed E-state index contributed by atoms with van der Waals surface area (Å²) in [7, 11) is 3.28. The molecule has 1 N–H and O–H groups in total. The van der Waals surface area contributed by atoms with E-state index in [4.69, 9.17) is 9.47 Å². The van der Waals surface area contributed by atoms with Crippen LogP contribution in [0.3, 0.4) is 0 Å². The van der Waals surface area contributed by atoms with E-state index in [1.54, 1.807) is 0 Å². The van der Waals surface area contributed by atoms with Gasteiger partial charge in [-0.15, -0.1) is 0 Å². The fourth-order valence-electron chi connectivity index (χ4n) is 2.82. The topological polar surface area (TPSA) is 47.6 Å². The number of esters is 1. The van der Waals surface area contributed by atoms with Crippen LogP contribution in [-0.2, 0) is 14.3 Å². The number of nitrogens with one attached hydrogen (secondary N) is 1. The predicted molar refractivity (Wildman–Crippen MR) is 76.1 cm³/mol. The zero-order valence-electron chi connectivity index (χ0n) is 12.8. The van der Waals surface area contributed by atoms with Gasteiger partial charge in [-0.05, 0) is 45.1 Å². The highest BCUT2D eigenvalue weighted by Gasteiger charge is 2.42. The number of likely N-dealkylation sites (N-methyl/N-ethyl adjacent to an activating group) is 1. The predicted octanol–water partition coefficient (Wildman–Crippen LogP) is 2.51. The van der Waals surface area contributed by atoms with E-state index in [0.717, 1.165) is 44.6 Å². The third kappa shape index (κ3) is 4.77. The summed E-state index contributed by atoms with van der Waals surface area (Å²) >= 11 is 0. The number of hydrogen-bond acceptors (Lipinski definition) is 4. The van der Waals surface area contributed by atoms with Gasteiger partial charge in [-0.2, -0.15) is 0 Å². The zero-order valence-corrected chi connectivity index (χ0v) is 12.8. The minimum absolute atomic E-state index is 0.162. The average molecular weight is 271 g/mol. The van der Waals surface area contributed by atoms with Crippen molar-refractivity contribution in [1.82, 2.24) is 5.32 Å². The van der Waals surface area contributed by atoms with E-state index in [-0.39, 0.29) is 12.1 Å². The molecule has 19 heavy (non-hydrogen) atoms. The molecular formula is C15H29NO3. The molecule has 0 radical (unpaired) electrons. The second-order valence-corrected chi connectivity index (χ2v) is 5.95. The quantitative estimate of drug-likeness (QED) is 0.571. The van der Waals surface area contributed by atoms with Crippen molar-refractivity contribution in [2.24, 2.45) is 5.92 Å². The van der Waals surface area contributed by atoms with Crippen LogP contribution in [0.15, 0.2) is 0 Å². The van der Waals surface area contributed by atoms with Gasteiger partial charge in [0.05, 0.1) is 13.2 Å². The number of hydrogen-bond donors (Lipinski definition) is 1. The van der Waals surface area contributed by atoms with E-state index in [9.17, 15) is 4.79 Å². The highest BCUT2D eigenvalue weighted by atomic mass is 16.5. The van der Waals surface area contributed by atoms with Gasteiger partial charge in [0.1, 0.15) is 5.54 Å². The molecule has 0 spiro atoms. The molecule has 0 amide bonds. The average Bonchev–Trinajstić information content (AvgIpc) is 2.42. The Morgan fingerprint density at radius 2 is 2.21 bits per heavy atom. The van der Waals surface area contributed by atoms with Gasteiger partial charge in [0.2, 0.25) is 0 Å². The lowest BCUT2D eigenvalue weighted by Gasteiger charge is -2.38. The lowest BCUT2D eigenvalue weighted by molar-refractivity contribution is -0.152.